The number of nitrogens with two attached hydrogens (primary N) is 1. The molecule has 3 N–H and O–H groups in total. The van der Waals surface area contributed by atoms with Crippen LogP contribution in [0.5, 0.6) is 0 Å². The van der Waals surface area contributed by atoms with Crippen LogP contribution in [-0.4, -0.2) is 18.5 Å². The van der Waals surface area contributed by atoms with Gasteiger partial charge in [0.2, 0.25) is 0 Å². The van der Waals surface area contributed by atoms with E-state index in [1.165, 1.54) is 6.07 Å². The zero-order chi connectivity index (χ0) is 12.4. The maximum Gasteiger partial charge on any atom is 0.254 e. The first-order valence-electron chi connectivity index (χ1n) is 5.57. The van der Waals surface area contributed by atoms with E-state index in [-0.39, 0.29) is 16.1 Å². The SMILES string of the molecule is NC(CNC(=O)c1cccc(Br)c1F)C1CC1. The Hall–Kier alpha value is -0.940. The largest absolute Gasteiger partial charge is 0.350 e. The van der Waals surface area contributed by atoms with Crippen LogP contribution in [0.25, 0.3) is 0 Å². The van der Waals surface area contributed by atoms with E-state index < -0.39 is 11.7 Å². The van der Waals surface area contributed by atoms with Crippen LogP contribution in [0.1, 0.15) is 23.2 Å². The minimum atomic E-state index is -0.537. The zero-order valence-electron chi connectivity index (χ0n) is 9.25. The Labute approximate surface area is 108 Å². The molecule has 1 aromatic rings. The molecule has 2 rings (SSSR count). The van der Waals surface area contributed by atoms with E-state index in [0.717, 1.165) is 12.8 Å². The number of halogens is 2. The summed E-state index contributed by atoms with van der Waals surface area (Å²) in [6, 6.07) is 4.62. The van der Waals surface area contributed by atoms with Gasteiger partial charge in [0.15, 0.2) is 0 Å². The molecule has 0 aliphatic heterocycles. The highest BCUT2D eigenvalue weighted by Gasteiger charge is 2.28. The van der Waals surface area contributed by atoms with Crippen molar-refractivity contribution in [2.75, 3.05) is 6.54 Å². The lowest BCUT2D eigenvalue weighted by molar-refractivity contribution is 0.0946. The Morgan fingerprint density at radius 2 is 2.29 bits per heavy atom. The lowest BCUT2D eigenvalue weighted by Gasteiger charge is -2.12. The summed E-state index contributed by atoms with van der Waals surface area (Å²) in [5, 5.41) is 2.66. The summed E-state index contributed by atoms with van der Waals surface area (Å²) in [4.78, 5) is 11.7. The minimum Gasteiger partial charge on any atom is -0.350 e. The van der Waals surface area contributed by atoms with Crippen molar-refractivity contribution in [1.82, 2.24) is 5.32 Å². The van der Waals surface area contributed by atoms with Gasteiger partial charge in [-0.25, -0.2) is 4.39 Å². The molecular formula is C12H14BrFN2O. The molecule has 0 saturated heterocycles. The van der Waals surface area contributed by atoms with Crippen LogP contribution in [0.3, 0.4) is 0 Å². The van der Waals surface area contributed by atoms with E-state index >= 15 is 0 Å². The monoisotopic (exact) mass is 300 g/mol. The van der Waals surface area contributed by atoms with Crippen molar-refractivity contribution < 1.29 is 9.18 Å². The molecule has 0 radical (unpaired) electrons. The van der Waals surface area contributed by atoms with E-state index in [4.69, 9.17) is 5.73 Å². The lowest BCUT2D eigenvalue weighted by atomic mass is 10.1. The fraction of sp³-hybridized carbons (Fsp3) is 0.417. The minimum absolute atomic E-state index is 0.0193. The van der Waals surface area contributed by atoms with Crippen molar-refractivity contribution in [3.8, 4) is 0 Å². The first-order chi connectivity index (χ1) is 8.09. The number of rotatable bonds is 4. The van der Waals surface area contributed by atoms with Gasteiger partial charge in [0.25, 0.3) is 5.91 Å². The second kappa shape index (κ2) is 5.14. The number of hydrogen-bond acceptors (Lipinski definition) is 2. The number of hydrogen-bond donors (Lipinski definition) is 2. The first kappa shape index (κ1) is 12.5. The number of amides is 1. The van der Waals surface area contributed by atoms with Crippen molar-refractivity contribution >= 4 is 21.8 Å². The molecule has 1 aliphatic carbocycles. The Bertz CT molecular complexity index is 435. The molecule has 1 saturated carbocycles. The van der Waals surface area contributed by atoms with Crippen molar-refractivity contribution in [2.24, 2.45) is 11.7 Å². The summed E-state index contributed by atoms with van der Waals surface area (Å²) >= 11 is 3.05. The normalized spacial score (nSPS) is 16.6. The topological polar surface area (TPSA) is 55.1 Å². The van der Waals surface area contributed by atoms with Gasteiger partial charge in [-0.15, -0.1) is 0 Å². The van der Waals surface area contributed by atoms with E-state index in [1.54, 1.807) is 12.1 Å². The van der Waals surface area contributed by atoms with E-state index in [9.17, 15) is 9.18 Å². The third-order valence-corrected chi connectivity index (χ3v) is 3.53. The third-order valence-electron chi connectivity index (χ3n) is 2.92. The van der Waals surface area contributed by atoms with Gasteiger partial charge < -0.3 is 11.1 Å². The van der Waals surface area contributed by atoms with Crippen LogP contribution in [0.15, 0.2) is 22.7 Å². The van der Waals surface area contributed by atoms with Gasteiger partial charge in [-0.2, -0.15) is 0 Å². The molecular weight excluding hydrogens is 287 g/mol. The quantitative estimate of drug-likeness (QED) is 0.894. The molecule has 0 heterocycles. The summed E-state index contributed by atoms with van der Waals surface area (Å²) in [6.45, 7) is 0.398. The van der Waals surface area contributed by atoms with Crippen LogP contribution < -0.4 is 11.1 Å². The van der Waals surface area contributed by atoms with E-state index in [0.29, 0.717) is 12.5 Å². The van der Waals surface area contributed by atoms with Crippen LogP contribution in [-0.2, 0) is 0 Å². The van der Waals surface area contributed by atoms with Crippen LogP contribution in [0, 0.1) is 11.7 Å². The Morgan fingerprint density at radius 3 is 2.94 bits per heavy atom. The standard InChI is InChI=1S/C12H14BrFN2O/c13-9-3-1-2-8(11(9)14)12(17)16-6-10(15)7-4-5-7/h1-3,7,10H,4-6,15H2,(H,16,17). The molecule has 1 amide bonds. The number of nitrogens with one attached hydrogen (secondary N) is 1. The van der Waals surface area contributed by atoms with Crippen LogP contribution in [0.4, 0.5) is 4.39 Å². The van der Waals surface area contributed by atoms with Gasteiger partial charge in [0.05, 0.1) is 10.0 Å². The molecule has 92 valence electrons. The average Bonchev–Trinajstić information content (AvgIpc) is 3.13. The maximum absolute atomic E-state index is 13.6. The van der Waals surface area contributed by atoms with Crippen molar-refractivity contribution in [3.63, 3.8) is 0 Å². The molecule has 5 heteroatoms. The summed E-state index contributed by atoms with van der Waals surface area (Å²) in [6.07, 6.45) is 2.25. The average molecular weight is 301 g/mol. The van der Waals surface area contributed by atoms with Gasteiger partial charge in [-0.05, 0) is 46.8 Å². The maximum atomic E-state index is 13.6. The van der Waals surface area contributed by atoms with Crippen molar-refractivity contribution in [1.29, 1.82) is 0 Å². The number of benzene rings is 1. The van der Waals surface area contributed by atoms with Crippen molar-refractivity contribution in [3.05, 3.63) is 34.1 Å². The Morgan fingerprint density at radius 1 is 1.59 bits per heavy atom. The molecule has 1 aliphatic rings. The second-order valence-corrected chi connectivity index (χ2v) is 5.17. The molecule has 1 fully saturated rings. The van der Waals surface area contributed by atoms with Gasteiger partial charge in [0, 0.05) is 12.6 Å². The zero-order valence-corrected chi connectivity index (χ0v) is 10.8. The lowest BCUT2D eigenvalue weighted by Crippen LogP contribution is -2.38. The summed E-state index contributed by atoms with van der Waals surface area (Å²) in [7, 11) is 0. The summed E-state index contributed by atoms with van der Waals surface area (Å²) < 4.78 is 13.9. The molecule has 0 aromatic heterocycles. The van der Waals surface area contributed by atoms with E-state index in [2.05, 4.69) is 21.2 Å². The highest BCUT2D eigenvalue weighted by atomic mass is 79.9. The molecule has 1 unspecified atom stereocenters. The van der Waals surface area contributed by atoms with E-state index in [1.807, 2.05) is 0 Å². The first-order valence-corrected chi connectivity index (χ1v) is 6.36. The fourth-order valence-electron chi connectivity index (χ4n) is 1.68. The Balaban J connectivity index is 1.96. The second-order valence-electron chi connectivity index (χ2n) is 4.31. The molecule has 1 atom stereocenters. The van der Waals surface area contributed by atoms with Gasteiger partial charge >= 0.3 is 0 Å². The highest BCUT2D eigenvalue weighted by molar-refractivity contribution is 9.10. The summed E-state index contributed by atoms with van der Waals surface area (Å²) in [5.74, 6) is -0.437. The number of carbonyl (C=O) groups excluding carboxylic acids is 1. The van der Waals surface area contributed by atoms with Crippen LogP contribution in [0.2, 0.25) is 0 Å². The summed E-state index contributed by atoms with van der Waals surface area (Å²) in [5.41, 5.74) is 5.90. The molecule has 17 heavy (non-hydrogen) atoms. The molecule has 1 aromatic carbocycles. The van der Waals surface area contributed by atoms with Crippen molar-refractivity contribution in [2.45, 2.75) is 18.9 Å². The predicted molar refractivity (Wildman–Crippen MR) is 67.1 cm³/mol. The third kappa shape index (κ3) is 3.04. The smallest absolute Gasteiger partial charge is 0.254 e. The fourth-order valence-corrected chi connectivity index (χ4v) is 2.04. The number of carbonyl (C=O) groups is 1. The molecule has 0 spiro atoms. The van der Waals surface area contributed by atoms with Gasteiger partial charge in [-0.3, -0.25) is 4.79 Å². The van der Waals surface area contributed by atoms with Crippen LogP contribution >= 0.6 is 15.9 Å². The Kier molecular flexibility index (Phi) is 3.79. The predicted octanol–water partition coefficient (Wildman–Crippen LogP) is 2.06. The highest BCUT2D eigenvalue weighted by Crippen LogP contribution is 2.31. The van der Waals surface area contributed by atoms with Gasteiger partial charge in [0.1, 0.15) is 5.82 Å². The molecule has 0 bridgehead atoms. The van der Waals surface area contributed by atoms with Gasteiger partial charge in [-0.1, -0.05) is 6.07 Å². The molecule has 3 nitrogen and oxygen atoms in total.